The zero-order chi connectivity index (χ0) is 28.5. The van der Waals surface area contributed by atoms with Crippen LogP contribution in [0.1, 0.15) is 89.0 Å². The lowest BCUT2D eigenvalue weighted by molar-refractivity contribution is -0.0782. The summed E-state index contributed by atoms with van der Waals surface area (Å²) in [5.74, 6) is 1.41. The molecule has 0 N–H and O–H groups in total. The molecule has 1 amide bonds. The van der Waals surface area contributed by atoms with Crippen LogP contribution in [0.3, 0.4) is 0 Å². The third kappa shape index (κ3) is 6.49. The van der Waals surface area contributed by atoms with Gasteiger partial charge in [-0.3, -0.25) is 9.80 Å². The Kier molecular flexibility index (Phi) is 8.49. The van der Waals surface area contributed by atoms with E-state index in [4.69, 9.17) is 9.47 Å². The lowest BCUT2D eigenvalue weighted by Crippen LogP contribution is -2.60. The van der Waals surface area contributed by atoms with Crippen molar-refractivity contribution in [3.63, 3.8) is 0 Å². The minimum Gasteiger partial charge on any atom is -0.497 e. The summed E-state index contributed by atoms with van der Waals surface area (Å²) in [6, 6.07) is 18.7. The Morgan fingerprint density at radius 3 is 2.27 bits per heavy atom. The Balaban J connectivity index is 1.27. The van der Waals surface area contributed by atoms with E-state index in [1.807, 2.05) is 25.7 Å². The van der Waals surface area contributed by atoms with E-state index in [1.54, 1.807) is 7.11 Å². The first-order chi connectivity index (χ1) is 19.1. The van der Waals surface area contributed by atoms with E-state index in [0.717, 1.165) is 57.9 Å². The van der Waals surface area contributed by atoms with Gasteiger partial charge in [0.1, 0.15) is 11.4 Å². The van der Waals surface area contributed by atoms with Gasteiger partial charge in [-0.05, 0) is 86.6 Å². The van der Waals surface area contributed by atoms with E-state index in [0.29, 0.717) is 23.4 Å². The van der Waals surface area contributed by atoms with Gasteiger partial charge in [0.25, 0.3) is 0 Å². The number of benzene rings is 2. The van der Waals surface area contributed by atoms with Gasteiger partial charge in [-0.1, -0.05) is 50.2 Å². The van der Waals surface area contributed by atoms with Crippen molar-refractivity contribution < 1.29 is 14.3 Å². The summed E-state index contributed by atoms with van der Waals surface area (Å²) in [5.41, 5.74) is 4.25. The Hall–Kier alpha value is -2.57. The number of likely N-dealkylation sites (tertiary alicyclic amines) is 1. The number of ether oxygens (including phenoxy) is 2. The van der Waals surface area contributed by atoms with Gasteiger partial charge in [0.05, 0.1) is 7.11 Å². The van der Waals surface area contributed by atoms with Crippen molar-refractivity contribution in [3.8, 4) is 5.75 Å². The molecule has 6 nitrogen and oxygen atoms in total. The number of piperidine rings is 1. The quantitative estimate of drug-likeness (QED) is 0.395. The Bertz CT molecular complexity index is 1140. The zero-order valence-electron chi connectivity index (χ0n) is 25.5. The van der Waals surface area contributed by atoms with Crippen LogP contribution in [-0.2, 0) is 11.3 Å². The number of carbonyl (C=O) groups is 1. The van der Waals surface area contributed by atoms with Gasteiger partial charge < -0.3 is 14.4 Å². The summed E-state index contributed by atoms with van der Waals surface area (Å²) in [4.78, 5) is 20.0. The monoisotopic (exact) mass is 547 g/mol. The summed E-state index contributed by atoms with van der Waals surface area (Å²) in [5, 5.41) is 0. The van der Waals surface area contributed by atoms with Gasteiger partial charge >= 0.3 is 6.09 Å². The van der Waals surface area contributed by atoms with Crippen molar-refractivity contribution in [1.82, 2.24) is 14.7 Å². The first-order valence-corrected chi connectivity index (χ1v) is 15.2. The molecule has 1 saturated carbocycles. The van der Waals surface area contributed by atoms with Crippen LogP contribution in [0.15, 0.2) is 48.5 Å². The summed E-state index contributed by atoms with van der Waals surface area (Å²) in [7, 11) is 1.72. The predicted molar refractivity (Wildman–Crippen MR) is 161 cm³/mol. The molecule has 1 atom stereocenters. The molecule has 0 aromatic heterocycles. The minimum absolute atomic E-state index is 0.156. The molecular formula is C34H49N3O3. The lowest BCUT2D eigenvalue weighted by atomic mass is 9.59. The van der Waals surface area contributed by atoms with Gasteiger partial charge in [0.2, 0.25) is 0 Å². The topological polar surface area (TPSA) is 45.2 Å². The summed E-state index contributed by atoms with van der Waals surface area (Å²) in [6.07, 6.45) is 4.51. The fourth-order valence-corrected chi connectivity index (χ4v) is 7.11. The van der Waals surface area contributed by atoms with Gasteiger partial charge in [-0.2, -0.15) is 0 Å². The van der Waals surface area contributed by atoms with Crippen LogP contribution in [0.4, 0.5) is 4.79 Å². The second-order valence-electron chi connectivity index (χ2n) is 13.6. The molecule has 3 fully saturated rings. The second kappa shape index (κ2) is 11.7. The molecular weight excluding hydrogens is 498 g/mol. The van der Waals surface area contributed by atoms with Crippen LogP contribution < -0.4 is 4.74 Å². The molecule has 0 bridgehead atoms. The summed E-state index contributed by atoms with van der Waals surface area (Å²) in [6.45, 7) is 16.3. The highest BCUT2D eigenvalue weighted by molar-refractivity contribution is 5.68. The lowest BCUT2D eigenvalue weighted by Gasteiger charge is -2.58. The van der Waals surface area contributed by atoms with Crippen LogP contribution in [0.2, 0.25) is 0 Å². The summed E-state index contributed by atoms with van der Waals surface area (Å²) >= 11 is 0. The van der Waals surface area contributed by atoms with Gasteiger partial charge in [-0.25, -0.2) is 4.79 Å². The number of rotatable bonds is 6. The molecule has 6 heteroatoms. The molecule has 3 aliphatic rings. The number of carbonyl (C=O) groups excluding carboxylic acids is 1. The van der Waals surface area contributed by atoms with E-state index in [9.17, 15) is 4.79 Å². The SMILES string of the molecule is COc1ccc(CN2CCN(C3CC4(CCN(C(=O)OC(C)(C)C)CC4)C3)[C@H](c3ccccc3C(C)C)C2)cc1. The molecule has 2 saturated heterocycles. The maximum Gasteiger partial charge on any atom is 0.410 e. The third-order valence-corrected chi connectivity index (χ3v) is 9.33. The first kappa shape index (κ1) is 28.9. The largest absolute Gasteiger partial charge is 0.497 e. The Morgan fingerprint density at radius 2 is 1.65 bits per heavy atom. The number of hydrogen-bond donors (Lipinski definition) is 0. The smallest absolute Gasteiger partial charge is 0.410 e. The zero-order valence-corrected chi connectivity index (χ0v) is 25.5. The molecule has 2 heterocycles. The fourth-order valence-electron chi connectivity index (χ4n) is 7.11. The molecule has 0 radical (unpaired) electrons. The molecule has 2 aromatic carbocycles. The van der Waals surface area contributed by atoms with Crippen LogP contribution in [0.5, 0.6) is 5.75 Å². The highest BCUT2D eigenvalue weighted by Gasteiger charge is 2.50. The standard InChI is InChI=1S/C34H49N3O3/c1-25(2)29-9-7-8-10-30(29)31-24-35(23-26-11-13-28(39-6)14-12-26)19-20-37(31)27-21-34(22-27)15-17-36(18-16-34)32(38)40-33(3,4)5/h7-14,25,27,31H,15-24H2,1-6H3/t31-/m0/s1. The molecule has 2 aromatic rings. The number of methoxy groups -OCH3 is 1. The number of piperazine rings is 1. The van der Waals surface area contributed by atoms with E-state index in [-0.39, 0.29) is 6.09 Å². The maximum atomic E-state index is 12.6. The van der Waals surface area contributed by atoms with Gasteiger partial charge in [0.15, 0.2) is 0 Å². The minimum atomic E-state index is -0.440. The van der Waals surface area contributed by atoms with Gasteiger partial charge in [0, 0.05) is 51.4 Å². The van der Waals surface area contributed by atoms with E-state index < -0.39 is 5.60 Å². The van der Waals surface area contributed by atoms with Crippen molar-refractivity contribution in [1.29, 1.82) is 0 Å². The normalized spacial score (nSPS) is 22.4. The molecule has 218 valence electrons. The number of hydrogen-bond acceptors (Lipinski definition) is 5. The molecule has 1 aliphatic carbocycles. The average molecular weight is 548 g/mol. The second-order valence-corrected chi connectivity index (χ2v) is 13.6. The molecule has 0 unspecified atom stereocenters. The van der Waals surface area contributed by atoms with E-state index in [2.05, 4.69) is 72.2 Å². The van der Waals surface area contributed by atoms with Crippen molar-refractivity contribution in [2.45, 2.75) is 90.4 Å². The van der Waals surface area contributed by atoms with Crippen molar-refractivity contribution in [2.24, 2.45) is 5.41 Å². The number of nitrogens with zero attached hydrogens (tertiary/aromatic N) is 3. The van der Waals surface area contributed by atoms with E-state index in [1.165, 1.54) is 29.5 Å². The van der Waals surface area contributed by atoms with Crippen LogP contribution in [0.25, 0.3) is 0 Å². The Labute approximate surface area is 241 Å². The highest BCUT2D eigenvalue weighted by Crippen LogP contribution is 2.53. The van der Waals surface area contributed by atoms with E-state index >= 15 is 0 Å². The Morgan fingerprint density at radius 1 is 0.975 bits per heavy atom. The van der Waals surface area contributed by atoms with Gasteiger partial charge in [-0.15, -0.1) is 0 Å². The number of amides is 1. The molecule has 1 spiro atoms. The van der Waals surface area contributed by atoms with Crippen molar-refractivity contribution >= 4 is 6.09 Å². The van der Waals surface area contributed by atoms with Crippen LogP contribution in [-0.4, -0.2) is 72.3 Å². The molecule has 5 rings (SSSR count). The van der Waals surface area contributed by atoms with Crippen molar-refractivity contribution in [3.05, 3.63) is 65.2 Å². The summed E-state index contributed by atoms with van der Waals surface area (Å²) < 4.78 is 11.0. The molecule has 40 heavy (non-hydrogen) atoms. The average Bonchev–Trinajstić information content (AvgIpc) is 2.91. The third-order valence-electron chi connectivity index (χ3n) is 9.33. The fraction of sp³-hybridized carbons (Fsp3) is 0.618. The highest BCUT2D eigenvalue weighted by atomic mass is 16.6. The van der Waals surface area contributed by atoms with Crippen LogP contribution in [0, 0.1) is 5.41 Å². The van der Waals surface area contributed by atoms with Crippen molar-refractivity contribution in [2.75, 3.05) is 39.8 Å². The first-order valence-electron chi connectivity index (χ1n) is 15.2. The predicted octanol–water partition coefficient (Wildman–Crippen LogP) is 6.86. The maximum absolute atomic E-state index is 12.6. The molecule has 2 aliphatic heterocycles. The van der Waals surface area contributed by atoms with Crippen LogP contribution >= 0.6 is 0 Å².